The van der Waals surface area contributed by atoms with Gasteiger partial charge in [-0.25, -0.2) is 0 Å². The van der Waals surface area contributed by atoms with Crippen molar-refractivity contribution in [3.05, 3.63) is 59.7 Å². The first-order valence-corrected chi connectivity index (χ1v) is 8.75. The molecule has 0 N–H and O–H groups in total. The third kappa shape index (κ3) is 2.00. The molecule has 5 heteroatoms. The Morgan fingerprint density at radius 2 is 1.48 bits per heavy atom. The van der Waals surface area contributed by atoms with E-state index in [-0.39, 0.29) is 23.5 Å². The number of rotatable bonds is 2. The lowest BCUT2D eigenvalue weighted by Gasteiger charge is -2.17. The Bertz CT molecular complexity index is 815. The van der Waals surface area contributed by atoms with Gasteiger partial charge in [-0.2, -0.15) is 0 Å². The Morgan fingerprint density at radius 1 is 0.957 bits per heavy atom. The fraction of sp³-hybridized carbons (Fsp3) is 0.222. The Labute approximate surface area is 136 Å². The molecule has 1 saturated heterocycles. The number of hydrogen-bond acceptors (Lipinski definition) is 3. The summed E-state index contributed by atoms with van der Waals surface area (Å²) in [5.41, 5.74) is 4.07. The average Bonchev–Trinajstić information content (AvgIpc) is 3.04. The van der Waals surface area contributed by atoms with E-state index in [9.17, 15) is 13.8 Å². The monoisotopic (exact) mass is 325 g/mol. The number of nitrogens with zero attached hydrogens (tertiary/aromatic N) is 1. The first-order chi connectivity index (χ1) is 11.1. The maximum Gasteiger partial charge on any atom is 0.245 e. The molecule has 1 aliphatic carbocycles. The molecule has 116 valence electrons. The Kier molecular flexibility index (Phi) is 3.20. The highest BCUT2D eigenvalue weighted by Gasteiger charge is 2.45. The Morgan fingerprint density at radius 3 is 1.96 bits per heavy atom. The zero-order valence-corrected chi connectivity index (χ0v) is 13.4. The predicted octanol–water partition coefficient (Wildman–Crippen LogP) is 2.26. The minimum absolute atomic E-state index is 0.0305. The molecule has 2 amide bonds. The number of likely N-dealkylation sites (tertiary alicyclic amines) is 1. The minimum Gasteiger partial charge on any atom is -0.285 e. The van der Waals surface area contributed by atoms with Gasteiger partial charge in [0.15, 0.2) is 0 Å². The van der Waals surface area contributed by atoms with Gasteiger partial charge in [0.1, 0.15) is 5.25 Å². The van der Waals surface area contributed by atoms with E-state index in [0.29, 0.717) is 0 Å². The van der Waals surface area contributed by atoms with Gasteiger partial charge in [-0.3, -0.25) is 18.7 Å². The lowest BCUT2D eigenvalue weighted by molar-refractivity contribution is -0.136. The molecule has 0 saturated carbocycles. The van der Waals surface area contributed by atoms with Crippen LogP contribution in [0, 0.1) is 0 Å². The molecule has 0 radical (unpaired) electrons. The average molecular weight is 325 g/mol. The van der Waals surface area contributed by atoms with Crippen LogP contribution in [0.4, 0.5) is 0 Å². The highest BCUT2D eigenvalue weighted by Crippen LogP contribution is 2.47. The highest BCUT2D eigenvalue weighted by atomic mass is 32.2. The largest absolute Gasteiger partial charge is 0.285 e. The summed E-state index contributed by atoms with van der Waals surface area (Å²) in [6.45, 7) is 0. The van der Waals surface area contributed by atoms with E-state index < -0.39 is 16.0 Å². The van der Waals surface area contributed by atoms with Crippen LogP contribution in [0.5, 0.6) is 0 Å². The standard InChI is InChI=1S/C18H15NO3S/c1-19-16(20)10-15(18(19)21)23(22)17-13-8-4-2-6-11(13)12-7-3-5-9-14(12)17/h2-9,15,17H,10H2,1H3. The van der Waals surface area contributed by atoms with E-state index in [2.05, 4.69) is 0 Å². The Balaban J connectivity index is 1.82. The molecule has 2 aromatic carbocycles. The Hall–Kier alpha value is -2.27. The van der Waals surface area contributed by atoms with Crippen LogP contribution in [0.1, 0.15) is 22.8 Å². The van der Waals surface area contributed by atoms with E-state index in [0.717, 1.165) is 27.2 Å². The summed E-state index contributed by atoms with van der Waals surface area (Å²) < 4.78 is 13.2. The molecular weight excluding hydrogens is 310 g/mol. The van der Waals surface area contributed by atoms with Crippen molar-refractivity contribution in [2.75, 3.05) is 7.05 Å². The molecule has 4 rings (SSSR count). The molecule has 2 aliphatic rings. The molecule has 0 bridgehead atoms. The summed E-state index contributed by atoms with van der Waals surface area (Å²) in [4.78, 5) is 25.1. The number of amides is 2. The van der Waals surface area contributed by atoms with E-state index in [1.165, 1.54) is 7.05 Å². The summed E-state index contributed by atoms with van der Waals surface area (Å²) in [5.74, 6) is -0.594. The van der Waals surface area contributed by atoms with E-state index in [4.69, 9.17) is 0 Å². The summed E-state index contributed by atoms with van der Waals surface area (Å²) in [6, 6.07) is 15.7. The smallest absolute Gasteiger partial charge is 0.245 e. The summed E-state index contributed by atoms with van der Waals surface area (Å²) in [6.07, 6.45) is 0.0305. The van der Waals surface area contributed by atoms with Crippen LogP contribution >= 0.6 is 0 Å². The maximum absolute atomic E-state index is 13.2. The molecular formula is C18H15NO3S. The van der Waals surface area contributed by atoms with Crippen LogP contribution in [0.15, 0.2) is 48.5 Å². The molecule has 2 atom stereocenters. The zero-order valence-electron chi connectivity index (χ0n) is 12.6. The molecule has 23 heavy (non-hydrogen) atoms. The molecule has 4 nitrogen and oxygen atoms in total. The summed E-state index contributed by atoms with van der Waals surface area (Å²) >= 11 is 0. The normalized spacial score (nSPS) is 21.4. The number of imide groups is 1. The lowest BCUT2D eigenvalue weighted by Crippen LogP contribution is -2.31. The van der Waals surface area contributed by atoms with Crippen LogP contribution in [-0.4, -0.2) is 33.2 Å². The van der Waals surface area contributed by atoms with Gasteiger partial charge in [-0.15, -0.1) is 0 Å². The van der Waals surface area contributed by atoms with Crippen molar-refractivity contribution in [1.29, 1.82) is 0 Å². The minimum atomic E-state index is -1.48. The quantitative estimate of drug-likeness (QED) is 0.796. The van der Waals surface area contributed by atoms with Gasteiger partial charge in [-0.05, 0) is 22.3 Å². The first-order valence-electron chi connectivity index (χ1n) is 7.47. The van der Waals surface area contributed by atoms with E-state index in [1.807, 2.05) is 48.5 Å². The molecule has 1 aliphatic heterocycles. The van der Waals surface area contributed by atoms with Crippen molar-refractivity contribution in [3.8, 4) is 11.1 Å². The van der Waals surface area contributed by atoms with E-state index in [1.54, 1.807) is 0 Å². The number of carbonyl (C=O) groups excluding carboxylic acids is 2. The van der Waals surface area contributed by atoms with Crippen molar-refractivity contribution in [2.24, 2.45) is 0 Å². The molecule has 0 aromatic heterocycles. The topological polar surface area (TPSA) is 54.5 Å². The van der Waals surface area contributed by atoms with Gasteiger partial charge >= 0.3 is 0 Å². The number of benzene rings is 2. The third-order valence-electron chi connectivity index (χ3n) is 4.63. The van der Waals surface area contributed by atoms with Gasteiger partial charge < -0.3 is 0 Å². The third-order valence-corrected chi connectivity index (χ3v) is 6.53. The van der Waals surface area contributed by atoms with Gasteiger partial charge in [-0.1, -0.05) is 48.5 Å². The van der Waals surface area contributed by atoms with Crippen LogP contribution < -0.4 is 0 Å². The SMILES string of the molecule is CN1C(=O)CC(S(=O)C2c3ccccc3-c3ccccc32)C1=O. The molecule has 1 fully saturated rings. The van der Waals surface area contributed by atoms with Crippen molar-refractivity contribution in [1.82, 2.24) is 4.90 Å². The number of fused-ring (bicyclic) bond motifs is 3. The van der Waals surface area contributed by atoms with Gasteiger partial charge in [0.2, 0.25) is 11.8 Å². The number of carbonyl (C=O) groups is 2. The predicted molar refractivity (Wildman–Crippen MR) is 88.0 cm³/mol. The molecule has 2 unspecified atom stereocenters. The van der Waals surface area contributed by atoms with Crippen LogP contribution in [0.25, 0.3) is 11.1 Å². The maximum atomic E-state index is 13.2. The van der Waals surface area contributed by atoms with Crippen LogP contribution in [0.2, 0.25) is 0 Å². The van der Waals surface area contributed by atoms with Crippen LogP contribution in [-0.2, 0) is 20.4 Å². The van der Waals surface area contributed by atoms with Crippen molar-refractivity contribution in [2.45, 2.75) is 16.9 Å². The fourth-order valence-corrected chi connectivity index (χ4v) is 5.33. The summed E-state index contributed by atoms with van der Waals surface area (Å²) in [5, 5.41) is -1.10. The van der Waals surface area contributed by atoms with Crippen molar-refractivity contribution in [3.63, 3.8) is 0 Å². The van der Waals surface area contributed by atoms with Crippen molar-refractivity contribution < 1.29 is 13.8 Å². The van der Waals surface area contributed by atoms with Gasteiger partial charge in [0.05, 0.1) is 11.7 Å². The van der Waals surface area contributed by atoms with Gasteiger partial charge in [0.25, 0.3) is 0 Å². The first kappa shape index (κ1) is 14.3. The summed E-state index contributed by atoms with van der Waals surface area (Å²) in [7, 11) is -0.0202. The zero-order chi connectivity index (χ0) is 16.1. The number of hydrogen-bond donors (Lipinski definition) is 0. The van der Waals surface area contributed by atoms with Crippen LogP contribution in [0.3, 0.4) is 0 Å². The van der Waals surface area contributed by atoms with E-state index >= 15 is 0 Å². The molecule has 0 spiro atoms. The van der Waals surface area contributed by atoms with Crippen molar-refractivity contribution >= 4 is 22.6 Å². The van der Waals surface area contributed by atoms with Gasteiger partial charge in [0, 0.05) is 17.8 Å². The highest BCUT2D eigenvalue weighted by molar-refractivity contribution is 7.87. The fourth-order valence-electron chi connectivity index (χ4n) is 3.43. The molecule has 1 heterocycles. The second-order valence-electron chi connectivity index (χ2n) is 5.87. The lowest BCUT2D eigenvalue weighted by atomic mass is 10.1. The molecule has 2 aromatic rings. The second-order valence-corrected chi connectivity index (χ2v) is 7.56. The second kappa shape index (κ2) is 5.13.